The molecule has 1 atom stereocenters. The minimum Gasteiger partial charge on any atom is -0.497 e. The van der Waals surface area contributed by atoms with Gasteiger partial charge < -0.3 is 20.3 Å². The lowest BCUT2D eigenvalue weighted by Crippen LogP contribution is -2.54. The number of imide groups is 1. The van der Waals surface area contributed by atoms with Crippen LogP contribution in [0.5, 0.6) is 5.75 Å². The number of carbonyl (C=O) groups is 4. The third kappa shape index (κ3) is 3.13. The van der Waals surface area contributed by atoms with E-state index in [1.807, 2.05) is 0 Å². The fourth-order valence-electron chi connectivity index (χ4n) is 4.10. The summed E-state index contributed by atoms with van der Waals surface area (Å²) in [5.41, 5.74) is 1.70. The first-order chi connectivity index (χ1) is 15.4. The Bertz CT molecular complexity index is 1270. The van der Waals surface area contributed by atoms with Crippen molar-refractivity contribution in [3.8, 4) is 17.6 Å². The maximum atomic E-state index is 13.0. The van der Waals surface area contributed by atoms with Crippen LogP contribution in [0.25, 0.3) is 0 Å². The summed E-state index contributed by atoms with van der Waals surface area (Å²) in [4.78, 5) is 50.8. The summed E-state index contributed by atoms with van der Waals surface area (Å²) in [6, 6.07) is 9.69. The number of methoxy groups -OCH3 is 1. The predicted molar refractivity (Wildman–Crippen MR) is 112 cm³/mol. The van der Waals surface area contributed by atoms with Gasteiger partial charge in [-0.2, -0.15) is 0 Å². The predicted octanol–water partition coefficient (Wildman–Crippen LogP) is 0.524. The van der Waals surface area contributed by atoms with Gasteiger partial charge in [-0.15, -0.1) is 0 Å². The molecule has 0 radical (unpaired) electrons. The van der Waals surface area contributed by atoms with Crippen molar-refractivity contribution in [1.29, 1.82) is 0 Å². The average molecular weight is 430 g/mol. The normalized spacial score (nSPS) is 20.7. The van der Waals surface area contributed by atoms with Gasteiger partial charge in [0.05, 0.1) is 13.7 Å². The van der Waals surface area contributed by atoms with Crippen molar-refractivity contribution in [3.63, 3.8) is 0 Å². The van der Waals surface area contributed by atoms with Gasteiger partial charge in [-0.05, 0) is 41.5 Å². The summed E-state index contributed by atoms with van der Waals surface area (Å²) in [5, 5.41) is 7.54. The van der Waals surface area contributed by atoms with Crippen molar-refractivity contribution in [2.75, 3.05) is 13.7 Å². The average Bonchev–Trinajstić information content (AvgIpc) is 3.40. The first kappa shape index (κ1) is 19.6. The number of rotatable bonds is 3. The molecule has 0 aliphatic carbocycles. The number of hydrogen-bond donors (Lipinski definition) is 3. The Morgan fingerprint density at radius 2 is 1.91 bits per heavy atom. The van der Waals surface area contributed by atoms with Crippen LogP contribution in [0.1, 0.15) is 37.4 Å². The Hall–Kier alpha value is -4.32. The molecule has 2 aromatic rings. The van der Waals surface area contributed by atoms with Crippen LogP contribution in [0.2, 0.25) is 0 Å². The zero-order chi connectivity index (χ0) is 22.5. The van der Waals surface area contributed by atoms with E-state index in [1.165, 1.54) is 12.0 Å². The molecule has 5 amide bonds. The summed E-state index contributed by atoms with van der Waals surface area (Å²) in [6.07, 6.45) is 0. The summed E-state index contributed by atoms with van der Waals surface area (Å²) in [7, 11) is 1.52. The Balaban J connectivity index is 1.45. The largest absolute Gasteiger partial charge is 0.497 e. The first-order valence-corrected chi connectivity index (χ1v) is 9.93. The van der Waals surface area contributed by atoms with Crippen LogP contribution >= 0.6 is 0 Å². The molecule has 1 saturated heterocycles. The fraction of sp³-hybridized carbons (Fsp3) is 0.217. The number of nitrogens with zero attached hydrogens (tertiary/aromatic N) is 1. The Labute approximate surface area is 183 Å². The Morgan fingerprint density at radius 1 is 1.06 bits per heavy atom. The number of ether oxygens (including phenoxy) is 1. The van der Waals surface area contributed by atoms with E-state index in [0.29, 0.717) is 29.0 Å². The molecule has 32 heavy (non-hydrogen) atoms. The van der Waals surface area contributed by atoms with E-state index >= 15 is 0 Å². The van der Waals surface area contributed by atoms with Gasteiger partial charge in [0, 0.05) is 29.8 Å². The van der Waals surface area contributed by atoms with Crippen molar-refractivity contribution >= 4 is 23.8 Å². The topological polar surface area (TPSA) is 117 Å². The van der Waals surface area contributed by atoms with E-state index in [2.05, 4.69) is 27.8 Å². The zero-order valence-corrected chi connectivity index (χ0v) is 17.1. The molecule has 0 unspecified atom stereocenters. The van der Waals surface area contributed by atoms with Gasteiger partial charge in [-0.25, -0.2) is 4.79 Å². The Kier molecular flexibility index (Phi) is 4.37. The summed E-state index contributed by atoms with van der Waals surface area (Å²) >= 11 is 0. The zero-order valence-electron chi connectivity index (χ0n) is 17.1. The third-order valence-electron chi connectivity index (χ3n) is 5.77. The molecule has 0 bridgehead atoms. The van der Waals surface area contributed by atoms with Crippen molar-refractivity contribution in [1.82, 2.24) is 20.9 Å². The number of amides is 5. The van der Waals surface area contributed by atoms with Crippen LogP contribution < -0.4 is 20.7 Å². The van der Waals surface area contributed by atoms with Gasteiger partial charge in [0.2, 0.25) is 5.54 Å². The number of carbonyl (C=O) groups excluding carboxylic acids is 4. The first-order valence-electron chi connectivity index (χ1n) is 9.93. The number of urea groups is 1. The molecule has 9 heteroatoms. The summed E-state index contributed by atoms with van der Waals surface area (Å²) in [5.74, 6) is 5.34. The van der Waals surface area contributed by atoms with Gasteiger partial charge in [0.25, 0.3) is 17.7 Å². The minimum absolute atomic E-state index is 0.113. The molecule has 0 saturated carbocycles. The lowest BCUT2D eigenvalue weighted by molar-refractivity contribution is -0.122. The highest BCUT2D eigenvalue weighted by Gasteiger charge is 2.48. The molecule has 9 nitrogen and oxygen atoms in total. The highest BCUT2D eigenvalue weighted by molar-refractivity contribution is 6.10. The van der Waals surface area contributed by atoms with E-state index in [1.54, 1.807) is 36.4 Å². The van der Waals surface area contributed by atoms with Crippen LogP contribution in [-0.4, -0.2) is 47.8 Å². The van der Waals surface area contributed by atoms with Crippen molar-refractivity contribution in [2.24, 2.45) is 0 Å². The monoisotopic (exact) mass is 430 g/mol. The number of nitrogens with one attached hydrogen (secondary N) is 3. The number of benzene rings is 2. The molecular formula is C23H18N4O5. The molecule has 5 rings (SSSR count). The molecule has 1 fully saturated rings. The van der Waals surface area contributed by atoms with Gasteiger partial charge >= 0.3 is 6.03 Å². The SMILES string of the molecule is COc1ccc2c(c1)C(=O)N(C[C@@]1(C#Cc3ccc4c(c3)CNC4=O)NC(=O)NC1=O)C2. The van der Waals surface area contributed by atoms with E-state index in [0.717, 1.165) is 11.1 Å². The van der Waals surface area contributed by atoms with Gasteiger partial charge in [0.1, 0.15) is 5.75 Å². The second-order valence-electron chi connectivity index (χ2n) is 7.80. The summed E-state index contributed by atoms with van der Waals surface area (Å²) in [6.45, 7) is 0.589. The number of hydrogen-bond acceptors (Lipinski definition) is 5. The smallest absolute Gasteiger partial charge is 0.323 e. The molecular weight excluding hydrogens is 412 g/mol. The van der Waals surface area contributed by atoms with Gasteiger partial charge in [-0.3, -0.25) is 19.7 Å². The maximum absolute atomic E-state index is 13.0. The van der Waals surface area contributed by atoms with Gasteiger partial charge in [0.15, 0.2) is 0 Å². The molecule has 160 valence electrons. The van der Waals surface area contributed by atoms with Crippen LogP contribution in [0.4, 0.5) is 4.79 Å². The Morgan fingerprint density at radius 3 is 2.66 bits per heavy atom. The third-order valence-corrected chi connectivity index (χ3v) is 5.77. The van der Waals surface area contributed by atoms with E-state index in [-0.39, 0.29) is 24.9 Å². The van der Waals surface area contributed by atoms with E-state index in [9.17, 15) is 19.2 Å². The number of fused-ring (bicyclic) bond motifs is 2. The standard InChI is InChI=1S/C23H18N4O5/c1-32-16-4-3-14-11-27(20(29)18(14)9-16)12-23(21(30)25-22(31)26-23)7-6-13-2-5-17-15(8-13)10-24-19(17)28/h2-5,8-9H,10-12H2,1H3,(H,24,28)(H2,25,26,30,31)/t23-/m1/s1. The van der Waals surface area contributed by atoms with Crippen LogP contribution in [0.15, 0.2) is 36.4 Å². The van der Waals surface area contributed by atoms with Gasteiger partial charge in [-0.1, -0.05) is 17.9 Å². The van der Waals surface area contributed by atoms with Crippen molar-refractivity contribution < 1.29 is 23.9 Å². The molecule has 3 aliphatic rings. The minimum atomic E-state index is -1.59. The second-order valence-corrected chi connectivity index (χ2v) is 7.80. The highest BCUT2D eigenvalue weighted by atomic mass is 16.5. The van der Waals surface area contributed by atoms with Crippen LogP contribution in [-0.2, 0) is 17.9 Å². The fourth-order valence-corrected chi connectivity index (χ4v) is 4.10. The summed E-state index contributed by atoms with van der Waals surface area (Å²) < 4.78 is 5.19. The molecule has 3 heterocycles. The van der Waals surface area contributed by atoms with E-state index < -0.39 is 17.5 Å². The lowest BCUT2D eigenvalue weighted by atomic mass is 9.98. The van der Waals surface area contributed by atoms with Crippen molar-refractivity contribution in [2.45, 2.75) is 18.6 Å². The molecule has 3 aliphatic heterocycles. The molecule has 3 N–H and O–H groups in total. The molecule has 2 aromatic carbocycles. The van der Waals surface area contributed by atoms with E-state index in [4.69, 9.17) is 4.74 Å². The van der Waals surface area contributed by atoms with Crippen LogP contribution in [0, 0.1) is 11.8 Å². The second kappa shape index (κ2) is 7.13. The molecule has 0 aromatic heterocycles. The molecule has 0 spiro atoms. The quantitative estimate of drug-likeness (QED) is 0.485. The maximum Gasteiger partial charge on any atom is 0.323 e. The van der Waals surface area contributed by atoms with Crippen molar-refractivity contribution in [3.05, 3.63) is 64.2 Å². The highest BCUT2D eigenvalue weighted by Crippen LogP contribution is 2.28. The van der Waals surface area contributed by atoms with Crippen LogP contribution in [0.3, 0.4) is 0 Å². The lowest BCUT2D eigenvalue weighted by Gasteiger charge is -2.26.